The van der Waals surface area contributed by atoms with Crippen LogP contribution in [0.1, 0.15) is 38.4 Å². The van der Waals surface area contributed by atoms with Crippen molar-refractivity contribution in [2.75, 3.05) is 12.8 Å². The largest absolute Gasteiger partial charge is 0.493 e. The maximum absolute atomic E-state index is 5.77. The second-order valence-electron chi connectivity index (χ2n) is 4.96. The molecule has 0 amide bonds. The Labute approximate surface area is 125 Å². The quantitative estimate of drug-likeness (QED) is 0.793. The van der Waals surface area contributed by atoms with Crippen LogP contribution in [0, 0.1) is 0 Å². The van der Waals surface area contributed by atoms with Crippen LogP contribution < -0.4 is 15.2 Å². The third-order valence-electron chi connectivity index (χ3n) is 3.54. The van der Waals surface area contributed by atoms with Crippen molar-refractivity contribution in [3.8, 4) is 11.5 Å². The summed E-state index contributed by atoms with van der Waals surface area (Å²) in [7, 11) is 1.60. The van der Waals surface area contributed by atoms with E-state index in [9.17, 15) is 0 Å². The van der Waals surface area contributed by atoms with Crippen LogP contribution in [-0.2, 0) is 6.61 Å². The highest BCUT2D eigenvalue weighted by Crippen LogP contribution is 2.29. The highest BCUT2D eigenvalue weighted by atomic mass is 16.5. The molecule has 0 saturated carbocycles. The fourth-order valence-electron chi connectivity index (χ4n) is 2.28. The number of nitrogens with two attached hydrogens (primary N) is 1. The highest BCUT2D eigenvalue weighted by molar-refractivity contribution is 5.51. The van der Waals surface area contributed by atoms with Crippen LogP contribution in [-0.4, -0.2) is 16.9 Å². The molecule has 0 saturated heterocycles. The van der Waals surface area contributed by atoms with Crippen molar-refractivity contribution in [1.29, 1.82) is 0 Å². The SMILES string of the molecule is CCC(CC)n1ccc(COc2ccc(N)cc2OC)n1. The summed E-state index contributed by atoms with van der Waals surface area (Å²) < 4.78 is 13.0. The van der Waals surface area contributed by atoms with Gasteiger partial charge >= 0.3 is 0 Å². The van der Waals surface area contributed by atoms with E-state index in [1.807, 2.05) is 23.0 Å². The van der Waals surface area contributed by atoms with Crippen LogP contribution in [0.15, 0.2) is 30.5 Å². The molecule has 2 N–H and O–H groups in total. The summed E-state index contributed by atoms with van der Waals surface area (Å²) in [6.45, 7) is 4.75. The Morgan fingerprint density at radius 1 is 1.19 bits per heavy atom. The van der Waals surface area contributed by atoms with Crippen molar-refractivity contribution < 1.29 is 9.47 Å². The van der Waals surface area contributed by atoms with Gasteiger partial charge in [-0.15, -0.1) is 0 Å². The standard InChI is InChI=1S/C16H23N3O2/c1-4-14(5-2)19-9-8-13(18-19)11-21-15-7-6-12(17)10-16(15)20-3/h6-10,14H,4-5,11,17H2,1-3H3. The van der Waals surface area contributed by atoms with Crippen molar-refractivity contribution in [1.82, 2.24) is 9.78 Å². The fourth-order valence-corrected chi connectivity index (χ4v) is 2.28. The molecule has 0 aliphatic carbocycles. The number of aromatic nitrogens is 2. The molecule has 0 radical (unpaired) electrons. The molecule has 2 aromatic rings. The van der Waals surface area contributed by atoms with Gasteiger partial charge in [0.25, 0.3) is 0 Å². The van der Waals surface area contributed by atoms with E-state index in [0.717, 1.165) is 18.5 Å². The molecule has 5 nitrogen and oxygen atoms in total. The number of rotatable bonds is 7. The molecule has 1 aromatic heterocycles. The van der Waals surface area contributed by atoms with Crippen LogP contribution in [0.4, 0.5) is 5.69 Å². The van der Waals surface area contributed by atoms with E-state index in [4.69, 9.17) is 15.2 Å². The summed E-state index contributed by atoms with van der Waals surface area (Å²) in [5.41, 5.74) is 7.28. The second-order valence-corrected chi connectivity index (χ2v) is 4.96. The molecule has 0 aliphatic heterocycles. The normalized spacial score (nSPS) is 10.9. The highest BCUT2D eigenvalue weighted by Gasteiger charge is 2.09. The Hall–Kier alpha value is -2.17. The molecule has 0 unspecified atom stereocenters. The first-order chi connectivity index (χ1) is 10.2. The Balaban J connectivity index is 2.03. The molecule has 21 heavy (non-hydrogen) atoms. The summed E-state index contributed by atoms with van der Waals surface area (Å²) >= 11 is 0. The van der Waals surface area contributed by atoms with E-state index < -0.39 is 0 Å². The predicted octanol–water partition coefficient (Wildman–Crippen LogP) is 3.41. The fraction of sp³-hybridized carbons (Fsp3) is 0.438. The van der Waals surface area contributed by atoms with Gasteiger partial charge in [0.1, 0.15) is 6.61 Å². The third-order valence-corrected chi connectivity index (χ3v) is 3.54. The van der Waals surface area contributed by atoms with Crippen LogP contribution in [0.2, 0.25) is 0 Å². The molecular formula is C16H23N3O2. The molecule has 0 bridgehead atoms. The van der Waals surface area contributed by atoms with Gasteiger partial charge in [-0.25, -0.2) is 0 Å². The molecular weight excluding hydrogens is 266 g/mol. The maximum atomic E-state index is 5.77. The lowest BCUT2D eigenvalue weighted by atomic mass is 10.2. The predicted molar refractivity (Wildman–Crippen MR) is 83.6 cm³/mol. The first kappa shape index (κ1) is 15.2. The topological polar surface area (TPSA) is 62.3 Å². The van der Waals surface area contributed by atoms with Gasteiger partial charge in [-0.1, -0.05) is 13.8 Å². The number of anilines is 1. The number of hydrogen-bond donors (Lipinski definition) is 1. The van der Waals surface area contributed by atoms with E-state index in [-0.39, 0.29) is 0 Å². The summed E-state index contributed by atoms with van der Waals surface area (Å²) in [5.74, 6) is 1.30. The zero-order valence-electron chi connectivity index (χ0n) is 12.9. The lowest BCUT2D eigenvalue weighted by molar-refractivity contribution is 0.278. The summed E-state index contributed by atoms with van der Waals surface area (Å²) in [4.78, 5) is 0. The number of nitrogens with zero attached hydrogens (tertiary/aromatic N) is 2. The zero-order valence-corrected chi connectivity index (χ0v) is 12.9. The smallest absolute Gasteiger partial charge is 0.162 e. The lowest BCUT2D eigenvalue weighted by Gasteiger charge is -2.13. The molecule has 1 heterocycles. The maximum Gasteiger partial charge on any atom is 0.162 e. The zero-order chi connectivity index (χ0) is 15.2. The number of nitrogen functional groups attached to an aromatic ring is 1. The van der Waals surface area contributed by atoms with Crippen molar-refractivity contribution in [3.05, 3.63) is 36.2 Å². The molecule has 5 heteroatoms. The van der Waals surface area contributed by atoms with Gasteiger partial charge in [0.05, 0.1) is 18.8 Å². The van der Waals surface area contributed by atoms with Gasteiger partial charge in [-0.05, 0) is 31.0 Å². The molecule has 2 rings (SSSR count). The lowest BCUT2D eigenvalue weighted by Crippen LogP contribution is -2.08. The monoisotopic (exact) mass is 289 g/mol. The summed E-state index contributed by atoms with van der Waals surface area (Å²) in [6, 6.07) is 7.79. The minimum atomic E-state index is 0.410. The number of methoxy groups -OCH3 is 1. The Morgan fingerprint density at radius 3 is 2.62 bits per heavy atom. The van der Waals surface area contributed by atoms with Crippen molar-refractivity contribution in [3.63, 3.8) is 0 Å². The van der Waals surface area contributed by atoms with E-state index in [1.165, 1.54) is 0 Å². The molecule has 1 aromatic carbocycles. The second kappa shape index (κ2) is 7.02. The van der Waals surface area contributed by atoms with E-state index in [0.29, 0.717) is 29.8 Å². The minimum absolute atomic E-state index is 0.410. The van der Waals surface area contributed by atoms with Crippen molar-refractivity contribution in [2.45, 2.75) is 39.3 Å². The summed E-state index contributed by atoms with van der Waals surface area (Å²) in [6.07, 6.45) is 4.16. The third kappa shape index (κ3) is 3.68. The molecule has 114 valence electrons. The van der Waals surface area contributed by atoms with Gasteiger partial charge < -0.3 is 15.2 Å². The number of ether oxygens (including phenoxy) is 2. The van der Waals surface area contributed by atoms with Crippen LogP contribution in [0.5, 0.6) is 11.5 Å². The van der Waals surface area contributed by atoms with Gasteiger partial charge in [0.15, 0.2) is 11.5 Å². The first-order valence-electron chi connectivity index (χ1n) is 7.28. The van der Waals surface area contributed by atoms with E-state index in [2.05, 4.69) is 18.9 Å². The van der Waals surface area contributed by atoms with Crippen LogP contribution >= 0.6 is 0 Å². The molecule has 0 fully saturated rings. The molecule has 0 spiro atoms. The van der Waals surface area contributed by atoms with Crippen molar-refractivity contribution in [2.24, 2.45) is 0 Å². The summed E-state index contributed by atoms with van der Waals surface area (Å²) in [5, 5.41) is 4.57. The molecule has 0 aliphatic rings. The van der Waals surface area contributed by atoms with Crippen molar-refractivity contribution >= 4 is 5.69 Å². The number of hydrogen-bond acceptors (Lipinski definition) is 4. The Bertz CT molecular complexity index is 577. The average molecular weight is 289 g/mol. The Kier molecular flexibility index (Phi) is 5.09. The molecule has 0 atom stereocenters. The van der Waals surface area contributed by atoms with E-state index in [1.54, 1.807) is 19.2 Å². The van der Waals surface area contributed by atoms with E-state index >= 15 is 0 Å². The minimum Gasteiger partial charge on any atom is -0.493 e. The van der Waals surface area contributed by atoms with Crippen LogP contribution in [0.25, 0.3) is 0 Å². The van der Waals surface area contributed by atoms with Gasteiger partial charge in [0, 0.05) is 18.0 Å². The van der Waals surface area contributed by atoms with Gasteiger partial charge in [-0.3, -0.25) is 4.68 Å². The van der Waals surface area contributed by atoms with Gasteiger partial charge in [-0.2, -0.15) is 5.10 Å². The number of benzene rings is 1. The van der Waals surface area contributed by atoms with Crippen LogP contribution in [0.3, 0.4) is 0 Å². The Morgan fingerprint density at radius 2 is 1.95 bits per heavy atom. The first-order valence-corrected chi connectivity index (χ1v) is 7.28. The van der Waals surface area contributed by atoms with Gasteiger partial charge in [0.2, 0.25) is 0 Å². The average Bonchev–Trinajstić information content (AvgIpc) is 2.96.